The molecule has 3 aromatic rings. The molecule has 7 heteroatoms. The lowest BCUT2D eigenvalue weighted by Crippen LogP contribution is -2.19. The minimum Gasteiger partial charge on any atom is -0.449 e. The number of amides is 3. The highest BCUT2D eigenvalue weighted by molar-refractivity contribution is 6.35. The van der Waals surface area contributed by atoms with Crippen molar-refractivity contribution in [2.24, 2.45) is 5.73 Å². The molecule has 24 heavy (non-hydrogen) atoms. The van der Waals surface area contributed by atoms with Gasteiger partial charge in [0, 0.05) is 22.3 Å². The fraction of sp³-hybridized carbons (Fsp3) is 0.0588. The van der Waals surface area contributed by atoms with Gasteiger partial charge < -0.3 is 20.8 Å². The first-order chi connectivity index (χ1) is 11.5. The molecule has 122 valence electrons. The van der Waals surface area contributed by atoms with E-state index in [1.54, 1.807) is 43.3 Å². The van der Waals surface area contributed by atoms with E-state index < -0.39 is 11.9 Å². The number of nitrogens with two attached hydrogens (primary N) is 1. The van der Waals surface area contributed by atoms with Crippen molar-refractivity contribution in [2.75, 3.05) is 10.6 Å². The number of urea groups is 1. The van der Waals surface area contributed by atoms with Gasteiger partial charge in [-0.2, -0.15) is 0 Å². The van der Waals surface area contributed by atoms with Gasteiger partial charge in [0.2, 0.25) is 0 Å². The van der Waals surface area contributed by atoms with Crippen LogP contribution in [0, 0.1) is 6.92 Å². The molecular formula is C17H14ClN3O3. The fourth-order valence-electron chi connectivity index (χ4n) is 2.43. The van der Waals surface area contributed by atoms with Crippen molar-refractivity contribution >= 4 is 45.9 Å². The Morgan fingerprint density at radius 2 is 1.75 bits per heavy atom. The molecule has 0 spiro atoms. The van der Waals surface area contributed by atoms with Crippen molar-refractivity contribution < 1.29 is 14.0 Å². The number of hydrogen-bond acceptors (Lipinski definition) is 3. The van der Waals surface area contributed by atoms with Crippen LogP contribution in [0.25, 0.3) is 11.0 Å². The van der Waals surface area contributed by atoms with Gasteiger partial charge in [0.1, 0.15) is 0 Å². The van der Waals surface area contributed by atoms with Crippen LogP contribution in [0.15, 0.2) is 46.9 Å². The number of halogens is 1. The number of benzene rings is 2. The molecule has 3 amide bonds. The van der Waals surface area contributed by atoms with Gasteiger partial charge in [0.25, 0.3) is 5.91 Å². The predicted octanol–water partition coefficient (Wildman–Crippen LogP) is 4.14. The van der Waals surface area contributed by atoms with E-state index in [1.165, 1.54) is 0 Å². The summed E-state index contributed by atoms with van der Waals surface area (Å²) in [6.45, 7) is 1.79. The molecule has 0 atom stereocenters. The number of aryl methyl sites for hydroxylation is 1. The number of fused-ring (bicyclic) bond motifs is 1. The second-order valence-electron chi connectivity index (χ2n) is 5.20. The van der Waals surface area contributed by atoms with E-state index in [2.05, 4.69) is 10.6 Å². The van der Waals surface area contributed by atoms with E-state index in [0.717, 1.165) is 5.39 Å². The second kappa shape index (κ2) is 6.25. The third-order valence-corrected chi connectivity index (χ3v) is 3.81. The summed E-state index contributed by atoms with van der Waals surface area (Å²) >= 11 is 6.10. The molecule has 0 bridgehead atoms. The van der Waals surface area contributed by atoms with Gasteiger partial charge in [-0.15, -0.1) is 0 Å². The normalized spacial score (nSPS) is 10.6. The van der Waals surface area contributed by atoms with Crippen molar-refractivity contribution in [3.63, 3.8) is 0 Å². The summed E-state index contributed by atoms with van der Waals surface area (Å²) in [4.78, 5) is 23.4. The monoisotopic (exact) mass is 343 g/mol. The van der Waals surface area contributed by atoms with Crippen molar-refractivity contribution in [3.05, 3.63) is 58.8 Å². The Labute approximate surface area is 142 Å². The maximum atomic E-state index is 12.5. The molecule has 0 aliphatic heterocycles. The standard InChI is InChI=1S/C17H14ClN3O3/c1-9-12-6-3-7-13(18)15(12)24-14(9)16(22)20-10-4-2-5-11(8-10)21-17(19)23/h2-8H,1H3,(H,20,22)(H3,19,21,23). The van der Waals surface area contributed by atoms with E-state index in [9.17, 15) is 9.59 Å². The number of primary amides is 1. The van der Waals surface area contributed by atoms with Gasteiger partial charge in [-0.1, -0.05) is 29.8 Å². The smallest absolute Gasteiger partial charge is 0.316 e. The number of para-hydroxylation sites is 1. The summed E-state index contributed by atoms with van der Waals surface area (Å²) < 4.78 is 5.62. The Balaban J connectivity index is 1.89. The molecule has 0 radical (unpaired) electrons. The van der Waals surface area contributed by atoms with Crippen LogP contribution in [0.3, 0.4) is 0 Å². The molecule has 1 heterocycles. The number of furan rings is 1. The largest absolute Gasteiger partial charge is 0.449 e. The van der Waals surface area contributed by atoms with Crippen LogP contribution in [0.1, 0.15) is 16.1 Å². The van der Waals surface area contributed by atoms with E-state index >= 15 is 0 Å². The number of hydrogen-bond donors (Lipinski definition) is 3. The zero-order chi connectivity index (χ0) is 17.3. The molecule has 4 N–H and O–H groups in total. The highest BCUT2D eigenvalue weighted by atomic mass is 35.5. The number of carbonyl (C=O) groups excluding carboxylic acids is 2. The quantitative estimate of drug-likeness (QED) is 0.666. The number of nitrogens with one attached hydrogen (secondary N) is 2. The van der Waals surface area contributed by atoms with E-state index in [0.29, 0.717) is 27.5 Å². The topological polar surface area (TPSA) is 97.4 Å². The van der Waals surface area contributed by atoms with Crippen LogP contribution >= 0.6 is 11.6 Å². The first-order valence-electron chi connectivity index (χ1n) is 7.11. The van der Waals surface area contributed by atoms with E-state index in [1.807, 2.05) is 6.07 Å². The van der Waals surface area contributed by atoms with Crippen LogP contribution in [0.5, 0.6) is 0 Å². The third kappa shape index (κ3) is 3.04. The predicted molar refractivity (Wildman–Crippen MR) is 93.6 cm³/mol. The van der Waals surface area contributed by atoms with Crippen molar-refractivity contribution in [1.82, 2.24) is 0 Å². The lowest BCUT2D eigenvalue weighted by atomic mass is 10.1. The summed E-state index contributed by atoms with van der Waals surface area (Å²) in [5.41, 5.74) is 7.24. The first-order valence-corrected chi connectivity index (χ1v) is 7.49. The molecule has 0 saturated heterocycles. The average molecular weight is 344 g/mol. The molecule has 2 aromatic carbocycles. The molecule has 0 aliphatic carbocycles. The highest BCUT2D eigenvalue weighted by Crippen LogP contribution is 2.31. The van der Waals surface area contributed by atoms with Gasteiger partial charge in [-0.05, 0) is 31.2 Å². The zero-order valence-corrected chi connectivity index (χ0v) is 13.5. The lowest BCUT2D eigenvalue weighted by Gasteiger charge is -2.07. The van der Waals surface area contributed by atoms with Gasteiger partial charge >= 0.3 is 6.03 Å². The minimum absolute atomic E-state index is 0.186. The number of rotatable bonds is 3. The third-order valence-electron chi connectivity index (χ3n) is 3.51. The average Bonchev–Trinajstić information content (AvgIpc) is 2.86. The zero-order valence-electron chi connectivity index (χ0n) is 12.7. The lowest BCUT2D eigenvalue weighted by molar-refractivity contribution is 0.0998. The molecule has 0 aliphatic rings. The van der Waals surface area contributed by atoms with Crippen LogP contribution in [0.2, 0.25) is 5.02 Å². The Morgan fingerprint density at radius 3 is 2.42 bits per heavy atom. The van der Waals surface area contributed by atoms with Crippen molar-refractivity contribution in [3.8, 4) is 0 Å². The Kier molecular flexibility index (Phi) is 4.14. The molecule has 6 nitrogen and oxygen atoms in total. The summed E-state index contributed by atoms with van der Waals surface area (Å²) in [5, 5.41) is 6.41. The Hall–Kier alpha value is -2.99. The summed E-state index contributed by atoms with van der Waals surface area (Å²) in [6, 6.07) is 11.3. The van der Waals surface area contributed by atoms with Crippen LogP contribution in [0.4, 0.5) is 16.2 Å². The van der Waals surface area contributed by atoms with Crippen LogP contribution in [-0.2, 0) is 0 Å². The van der Waals surface area contributed by atoms with Crippen LogP contribution < -0.4 is 16.4 Å². The van der Waals surface area contributed by atoms with Gasteiger partial charge in [0.05, 0.1) is 5.02 Å². The number of carbonyl (C=O) groups is 2. The van der Waals surface area contributed by atoms with Gasteiger partial charge in [-0.3, -0.25) is 4.79 Å². The second-order valence-corrected chi connectivity index (χ2v) is 5.60. The number of anilines is 2. The summed E-state index contributed by atoms with van der Waals surface area (Å²) in [6.07, 6.45) is 0. The SMILES string of the molecule is Cc1c(C(=O)Nc2cccc(NC(N)=O)c2)oc2c(Cl)cccc12. The molecular weight excluding hydrogens is 330 g/mol. The maximum absolute atomic E-state index is 12.5. The molecule has 0 unspecified atom stereocenters. The Bertz CT molecular complexity index is 949. The van der Waals surface area contributed by atoms with Gasteiger partial charge in [-0.25, -0.2) is 4.79 Å². The molecule has 0 saturated carbocycles. The summed E-state index contributed by atoms with van der Waals surface area (Å²) in [5.74, 6) is -0.220. The van der Waals surface area contributed by atoms with E-state index in [4.69, 9.17) is 21.8 Å². The minimum atomic E-state index is -0.679. The molecule has 3 rings (SSSR count). The summed E-state index contributed by atoms with van der Waals surface area (Å²) in [7, 11) is 0. The van der Waals surface area contributed by atoms with Gasteiger partial charge in [0.15, 0.2) is 11.3 Å². The van der Waals surface area contributed by atoms with Crippen molar-refractivity contribution in [2.45, 2.75) is 6.92 Å². The molecule has 1 aromatic heterocycles. The highest BCUT2D eigenvalue weighted by Gasteiger charge is 2.19. The maximum Gasteiger partial charge on any atom is 0.316 e. The van der Waals surface area contributed by atoms with Crippen molar-refractivity contribution in [1.29, 1.82) is 0 Å². The molecule has 0 fully saturated rings. The first kappa shape index (κ1) is 15.9. The Morgan fingerprint density at radius 1 is 1.08 bits per heavy atom. The fourth-order valence-corrected chi connectivity index (χ4v) is 2.64. The van der Waals surface area contributed by atoms with E-state index in [-0.39, 0.29) is 5.76 Å². The van der Waals surface area contributed by atoms with Crippen LogP contribution in [-0.4, -0.2) is 11.9 Å².